The van der Waals surface area contributed by atoms with Crippen molar-refractivity contribution in [1.29, 1.82) is 0 Å². The highest BCUT2D eigenvalue weighted by Gasteiger charge is 2.52. The maximum absolute atomic E-state index is 14.8. The average Bonchev–Trinajstić information content (AvgIpc) is 3.02. The molecule has 0 aliphatic heterocycles. The lowest BCUT2D eigenvalue weighted by atomic mass is 9.94. The summed E-state index contributed by atoms with van der Waals surface area (Å²) >= 11 is 5.71. The third kappa shape index (κ3) is 10.3. The van der Waals surface area contributed by atoms with Gasteiger partial charge in [0.2, 0.25) is 17.6 Å². The Bertz CT molecular complexity index is 1490. The molecule has 3 unspecified atom stereocenters. The van der Waals surface area contributed by atoms with Crippen LogP contribution < -0.4 is 26.0 Å². The molecule has 0 radical (unpaired) electrons. The molecule has 5 N–H and O–H groups in total. The van der Waals surface area contributed by atoms with E-state index in [4.69, 9.17) is 16.3 Å². The lowest BCUT2D eigenvalue weighted by molar-refractivity contribution is -0.165. The lowest BCUT2D eigenvalue weighted by Gasteiger charge is -2.28. The van der Waals surface area contributed by atoms with Crippen LogP contribution in [0.2, 0.25) is 5.02 Å². The van der Waals surface area contributed by atoms with Gasteiger partial charge in [0.1, 0.15) is 24.4 Å². The minimum atomic E-state index is -5.08. The number of hydrogen-bond donors (Lipinski definition) is 5. The first kappa shape index (κ1) is 39.7. The Morgan fingerprint density at radius 2 is 1.46 bits per heavy atom. The molecule has 2 aromatic carbocycles. The molecule has 0 saturated carbocycles. The van der Waals surface area contributed by atoms with Gasteiger partial charge in [0.25, 0.3) is 11.8 Å². The van der Waals surface area contributed by atoms with Crippen LogP contribution in [-0.4, -0.2) is 79.0 Å². The van der Waals surface area contributed by atoms with Crippen LogP contribution in [0.5, 0.6) is 5.75 Å². The molecule has 0 bridgehead atoms. The highest BCUT2D eigenvalue weighted by molar-refractivity contribution is 6.30. The molecule has 0 aliphatic rings. The standard InChI is InChI=1S/C29H30ClF7N4O7/c1-14(2)20(22(43)29(36,37)25(46)38-13-27(31,32)33)40-24(45)21(15-7-9-18(48-3)10-8-15)41-23(44)19(12-42)39-26(47)28(34,35)16-5-4-6-17(30)11-16/h4-11,14,19-21,42H,12-13H2,1-3H3,(H,38,46)(H,39,47)(H,40,45)(H,41,44). The van der Waals surface area contributed by atoms with E-state index in [1.165, 1.54) is 37.4 Å². The minimum absolute atomic E-state index is 0.112. The molecule has 0 aromatic heterocycles. The number of carbonyl (C=O) groups is 5. The van der Waals surface area contributed by atoms with Crippen molar-refractivity contribution in [3.05, 3.63) is 64.7 Å². The van der Waals surface area contributed by atoms with Gasteiger partial charge in [0.15, 0.2) is 0 Å². The summed E-state index contributed by atoms with van der Waals surface area (Å²) < 4.78 is 101. The molecule has 264 valence electrons. The molecule has 0 heterocycles. The summed E-state index contributed by atoms with van der Waals surface area (Å²) in [4.78, 5) is 63.5. The number of nitrogens with one attached hydrogen (secondary N) is 4. The molecule has 48 heavy (non-hydrogen) atoms. The third-order valence-corrected chi connectivity index (χ3v) is 6.80. The second-order valence-corrected chi connectivity index (χ2v) is 10.9. The Hall–Kier alpha value is -4.45. The van der Waals surface area contributed by atoms with Crippen molar-refractivity contribution in [2.24, 2.45) is 5.92 Å². The first-order valence-corrected chi connectivity index (χ1v) is 14.1. The van der Waals surface area contributed by atoms with E-state index >= 15 is 0 Å². The van der Waals surface area contributed by atoms with Gasteiger partial charge in [-0.1, -0.05) is 49.7 Å². The smallest absolute Gasteiger partial charge is 0.405 e. The number of rotatable bonds is 15. The first-order valence-electron chi connectivity index (χ1n) is 13.7. The molecule has 0 aliphatic carbocycles. The average molecular weight is 715 g/mol. The summed E-state index contributed by atoms with van der Waals surface area (Å²) in [6, 6.07) is 2.79. The molecule has 4 amide bonds. The number of aliphatic hydroxyl groups is 1. The van der Waals surface area contributed by atoms with Gasteiger partial charge in [0.05, 0.1) is 19.8 Å². The Labute approximate surface area is 273 Å². The van der Waals surface area contributed by atoms with E-state index in [-0.39, 0.29) is 16.3 Å². The Morgan fingerprint density at radius 1 is 0.854 bits per heavy atom. The van der Waals surface area contributed by atoms with Crippen molar-refractivity contribution in [3.63, 3.8) is 0 Å². The van der Waals surface area contributed by atoms with E-state index in [1.54, 1.807) is 5.32 Å². The van der Waals surface area contributed by atoms with E-state index in [0.717, 1.165) is 37.4 Å². The number of benzene rings is 2. The maximum atomic E-state index is 14.8. The van der Waals surface area contributed by atoms with Gasteiger partial charge in [-0.05, 0) is 35.7 Å². The number of ether oxygens (including phenoxy) is 1. The highest BCUT2D eigenvalue weighted by atomic mass is 35.5. The van der Waals surface area contributed by atoms with Crippen molar-refractivity contribution in [1.82, 2.24) is 21.3 Å². The predicted octanol–water partition coefficient (Wildman–Crippen LogP) is 2.80. The zero-order valence-corrected chi connectivity index (χ0v) is 26.0. The summed E-state index contributed by atoms with van der Waals surface area (Å²) in [5.41, 5.74) is -0.966. The fourth-order valence-corrected chi connectivity index (χ4v) is 4.16. The molecular weight excluding hydrogens is 685 g/mol. The van der Waals surface area contributed by atoms with Crippen LogP contribution in [0.15, 0.2) is 48.5 Å². The number of methoxy groups -OCH3 is 1. The fourth-order valence-electron chi connectivity index (χ4n) is 3.97. The molecule has 0 fully saturated rings. The van der Waals surface area contributed by atoms with Crippen molar-refractivity contribution >= 4 is 41.0 Å². The number of carbonyl (C=O) groups excluding carboxylic acids is 5. The van der Waals surface area contributed by atoms with E-state index in [2.05, 4.69) is 5.32 Å². The van der Waals surface area contributed by atoms with Crippen LogP contribution in [-0.2, 0) is 29.9 Å². The Morgan fingerprint density at radius 3 is 1.96 bits per heavy atom. The van der Waals surface area contributed by atoms with Crippen LogP contribution >= 0.6 is 11.6 Å². The number of alkyl halides is 7. The molecule has 19 heteroatoms. The number of amides is 4. The molecule has 3 atom stereocenters. The van der Waals surface area contributed by atoms with Gasteiger partial charge in [-0.3, -0.25) is 24.0 Å². The molecule has 11 nitrogen and oxygen atoms in total. The van der Waals surface area contributed by atoms with E-state index in [9.17, 15) is 59.8 Å². The van der Waals surface area contributed by atoms with Crippen LogP contribution in [0.4, 0.5) is 30.7 Å². The molecule has 2 rings (SSSR count). The number of ketones is 1. The van der Waals surface area contributed by atoms with Crippen molar-refractivity contribution in [3.8, 4) is 5.75 Å². The van der Waals surface area contributed by atoms with E-state index in [1.807, 2.05) is 5.32 Å². The highest BCUT2D eigenvalue weighted by Crippen LogP contribution is 2.30. The topological polar surface area (TPSA) is 163 Å². The minimum Gasteiger partial charge on any atom is -0.497 e. The zero-order valence-electron chi connectivity index (χ0n) is 25.3. The predicted molar refractivity (Wildman–Crippen MR) is 154 cm³/mol. The van der Waals surface area contributed by atoms with Gasteiger partial charge >= 0.3 is 18.0 Å². The van der Waals surface area contributed by atoms with Gasteiger partial charge in [-0.15, -0.1) is 0 Å². The van der Waals surface area contributed by atoms with Crippen molar-refractivity contribution in [2.75, 3.05) is 20.3 Å². The van der Waals surface area contributed by atoms with Gasteiger partial charge in [0, 0.05) is 10.6 Å². The monoisotopic (exact) mass is 714 g/mol. The largest absolute Gasteiger partial charge is 0.497 e. The van der Waals surface area contributed by atoms with Crippen LogP contribution in [0, 0.1) is 5.92 Å². The summed E-state index contributed by atoms with van der Waals surface area (Å²) in [6.45, 7) is -1.13. The van der Waals surface area contributed by atoms with E-state index < -0.39 is 90.2 Å². The van der Waals surface area contributed by atoms with Crippen molar-refractivity contribution in [2.45, 2.75) is 50.0 Å². The number of halogens is 8. The zero-order chi connectivity index (χ0) is 36.6. The number of aliphatic hydroxyl groups excluding tert-OH is 1. The summed E-state index contributed by atoms with van der Waals surface area (Å²) in [7, 11) is 1.29. The summed E-state index contributed by atoms with van der Waals surface area (Å²) in [5, 5.41) is 16.2. The summed E-state index contributed by atoms with van der Waals surface area (Å²) in [6.07, 6.45) is -5.08. The first-order chi connectivity index (χ1) is 22.1. The Balaban J connectivity index is 2.37. The van der Waals surface area contributed by atoms with Crippen LogP contribution in [0.3, 0.4) is 0 Å². The SMILES string of the molecule is COc1ccc(C(NC(=O)C(CO)NC(=O)C(F)(F)c2cccc(Cl)c2)C(=O)NC(C(=O)C(F)(F)C(=O)NCC(F)(F)F)C(C)C)cc1. The quantitative estimate of drug-likeness (QED) is 0.140. The van der Waals surface area contributed by atoms with E-state index in [0.29, 0.717) is 0 Å². The third-order valence-electron chi connectivity index (χ3n) is 6.57. The molecule has 2 aromatic rings. The second-order valence-electron chi connectivity index (χ2n) is 10.5. The maximum Gasteiger partial charge on any atom is 0.405 e. The Kier molecular flexibility index (Phi) is 13.3. The lowest BCUT2D eigenvalue weighted by Crippen LogP contribution is -2.59. The number of hydrogen-bond acceptors (Lipinski definition) is 7. The molecule has 0 saturated heterocycles. The normalized spacial score (nSPS) is 13.9. The molecule has 0 spiro atoms. The van der Waals surface area contributed by atoms with Crippen molar-refractivity contribution < 1.29 is 64.5 Å². The fraction of sp³-hybridized carbons (Fsp3) is 0.414. The second kappa shape index (κ2) is 16.1. The number of Topliss-reactive ketones (excluding diaryl/α,β-unsaturated/α-hetero) is 1. The summed E-state index contributed by atoms with van der Waals surface area (Å²) in [5.74, 6) is -20.0. The molecular formula is C29H30ClF7N4O7. The van der Waals surface area contributed by atoms with Gasteiger partial charge in [-0.2, -0.15) is 30.7 Å². The van der Waals surface area contributed by atoms with Gasteiger partial charge < -0.3 is 31.1 Å². The van der Waals surface area contributed by atoms with Crippen LogP contribution in [0.1, 0.15) is 31.0 Å². The van der Waals surface area contributed by atoms with Crippen LogP contribution in [0.25, 0.3) is 0 Å². The van der Waals surface area contributed by atoms with Gasteiger partial charge in [-0.25, -0.2) is 0 Å².